The average molecular weight is 596 g/mol. The van der Waals surface area contributed by atoms with Gasteiger partial charge in [-0.3, -0.25) is 9.59 Å². The fourth-order valence-electron chi connectivity index (χ4n) is 5.01. The van der Waals surface area contributed by atoms with Crippen LogP contribution >= 0.6 is 24.0 Å². The number of sulfone groups is 1. The quantitative estimate of drug-likeness (QED) is 0.381. The topological polar surface area (TPSA) is 119 Å². The lowest BCUT2D eigenvalue weighted by molar-refractivity contribution is -0.142. The first kappa shape index (κ1) is 28.8. The molecule has 3 heterocycles. The zero-order valence-electron chi connectivity index (χ0n) is 21.2. The molecule has 39 heavy (non-hydrogen) atoms. The number of imidazole rings is 1. The van der Waals surface area contributed by atoms with Gasteiger partial charge in [-0.15, -0.1) is 12.4 Å². The second kappa shape index (κ2) is 11.5. The summed E-state index contributed by atoms with van der Waals surface area (Å²) in [6.07, 6.45) is 2.69. The molecule has 13 heteroatoms. The lowest BCUT2D eigenvalue weighted by atomic mass is 10.0. The third kappa shape index (κ3) is 6.05. The van der Waals surface area contributed by atoms with Crippen LogP contribution in [0.5, 0.6) is 0 Å². The number of hydrogen-bond donors (Lipinski definition) is 0. The minimum absolute atomic E-state index is 0. The van der Waals surface area contributed by atoms with Gasteiger partial charge >= 0.3 is 12.0 Å². The SMILES string of the molecule is CC(=O)OCc1ncc2n1C(=O)N(C1CCN(C(=O)CCS(=O)(=O)c3ccc4cc(Cl)ccc4c3)CC1)C2.Cl. The molecule has 2 aliphatic heterocycles. The highest BCUT2D eigenvalue weighted by molar-refractivity contribution is 7.91. The van der Waals surface area contributed by atoms with E-state index in [1.807, 2.05) is 0 Å². The summed E-state index contributed by atoms with van der Waals surface area (Å²) in [6, 6.07) is 9.84. The largest absolute Gasteiger partial charge is 0.458 e. The van der Waals surface area contributed by atoms with Crippen molar-refractivity contribution in [3.05, 3.63) is 59.1 Å². The molecule has 0 saturated carbocycles. The standard InChI is InChI=1S/C26H27ClN4O6S.ClH/c1-17(32)37-16-24-28-14-22-15-30(26(34)31(22)24)21-6-9-29(10-7-21)25(33)8-11-38(35,36)23-5-3-18-12-20(27)4-2-19(18)13-23;/h2-5,12-14,21H,6-11,15-16H2,1H3;1H. The normalized spacial score (nSPS) is 15.8. The second-order valence-electron chi connectivity index (χ2n) is 9.53. The number of piperidine rings is 1. The van der Waals surface area contributed by atoms with Crippen molar-refractivity contribution in [1.82, 2.24) is 19.4 Å². The van der Waals surface area contributed by atoms with Crippen molar-refractivity contribution in [1.29, 1.82) is 0 Å². The molecule has 208 valence electrons. The maximum Gasteiger partial charge on any atom is 0.330 e. The van der Waals surface area contributed by atoms with Crippen LogP contribution in [0.3, 0.4) is 0 Å². The lowest BCUT2D eigenvalue weighted by Crippen LogP contribution is -2.47. The summed E-state index contributed by atoms with van der Waals surface area (Å²) in [4.78, 5) is 44.8. The number of aromatic nitrogens is 2. The van der Waals surface area contributed by atoms with Crippen LogP contribution < -0.4 is 0 Å². The van der Waals surface area contributed by atoms with E-state index in [-0.39, 0.29) is 54.1 Å². The Kier molecular flexibility index (Phi) is 8.53. The molecule has 0 aliphatic carbocycles. The third-order valence-corrected chi connectivity index (χ3v) is 9.01. The summed E-state index contributed by atoms with van der Waals surface area (Å²) in [5, 5.41) is 2.18. The molecule has 0 radical (unpaired) electrons. The van der Waals surface area contributed by atoms with Crippen molar-refractivity contribution in [2.24, 2.45) is 0 Å². The highest BCUT2D eigenvalue weighted by Crippen LogP contribution is 2.27. The van der Waals surface area contributed by atoms with Crippen LogP contribution in [0.2, 0.25) is 5.02 Å². The number of benzene rings is 2. The van der Waals surface area contributed by atoms with Crippen LogP contribution in [0.4, 0.5) is 4.79 Å². The van der Waals surface area contributed by atoms with Crippen molar-refractivity contribution >= 4 is 62.5 Å². The molecule has 1 aromatic heterocycles. The predicted octanol–water partition coefficient (Wildman–Crippen LogP) is 3.81. The second-order valence-corrected chi connectivity index (χ2v) is 12.1. The molecule has 5 rings (SSSR count). The number of rotatable bonds is 7. The molecule has 1 saturated heterocycles. The zero-order valence-corrected chi connectivity index (χ0v) is 23.6. The van der Waals surface area contributed by atoms with Crippen LogP contribution in [0, 0.1) is 0 Å². The number of carbonyl (C=O) groups is 3. The van der Waals surface area contributed by atoms with Crippen molar-refractivity contribution in [3.8, 4) is 0 Å². The van der Waals surface area contributed by atoms with E-state index < -0.39 is 15.8 Å². The van der Waals surface area contributed by atoms with E-state index in [1.54, 1.807) is 52.4 Å². The highest BCUT2D eigenvalue weighted by Gasteiger charge is 2.37. The molecular weight excluding hydrogens is 567 g/mol. The summed E-state index contributed by atoms with van der Waals surface area (Å²) in [6.45, 7) is 2.51. The number of halogens is 2. The molecule has 0 atom stereocenters. The summed E-state index contributed by atoms with van der Waals surface area (Å²) in [5.74, 6) is -0.557. The molecule has 1 fully saturated rings. The van der Waals surface area contributed by atoms with Crippen molar-refractivity contribution in [3.63, 3.8) is 0 Å². The van der Waals surface area contributed by atoms with Gasteiger partial charge in [0.15, 0.2) is 15.7 Å². The maximum absolute atomic E-state index is 13.0. The Bertz CT molecular complexity index is 1530. The predicted molar refractivity (Wildman–Crippen MR) is 147 cm³/mol. The highest BCUT2D eigenvalue weighted by atomic mass is 35.5. The van der Waals surface area contributed by atoms with E-state index in [9.17, 15) is 22.8 Å². The molecule has 3 aromatic rings. The van der Waals surface area contributed by atoms with E-state index >= 15 is 0 Å². The van der Waals surface area contributed by atoms with E-state index in [0.29, 0.717) is 43.3 Å². The van der Waals surface area contributed by atoms with Gasteiger partial charge in [-0.1, -0.05) is 23.7 Å². The van der Waals surface area contributed by atoms with Gasteiger partial charge in [-0.05, 0) is 47.9 Å². The van der Waals surface area contributed by atoms with Crippen LogP contribution in [0.15, 0.2) is 47.5 Å². The van der Waals surface area contributed by atoms with Crippen molar-refractivity contribution in [2.45, 2.75) is 50.3 Å². The summed E-state index contributed by atoms with van der Waals surface area (Å²) in [7, 11) is -3.64. The molecular formula is C26H28Cl2N4O6S. The molecule has 0 bridgehead atoms. The van der Waals surface area contributed by atoms with Crippen LogP contribution in [0.25, 0.3) is 10.8 Å². The fraction of sp³-hybridized carbons (Fsp3) is 0.385. The Morgan fingerprint density at radius 1 is 1.10 bits per heavy atom. The fourth-order valence-corrected chi connectivity index (χ4v) is 6.45. The summed E-state index contributed by atoms with van der Waals surface area (Å²) in [5.41, 5.74) is 0.734. The molecule has 2 aliphatic rings. The van der Waals surface area contributed by atoms with Gasteiger partial charge in [0, 0.05) is 37.5 Å². The number of hydrogen-bond acceptors (Lipinski definition) is 7. The first-order valence-electron chi connectivity index (χ1n) is 12.3. The lowest BCUT2D eigenvalue weighted by Gasteiger charge is -2.36. The molecule has 0 spiro atoms. The Morgan fingerprint density at radius 3 is 2.51 bits per heavy atom. The van der Waals surface area contributed by atoms with Gasteiger partial charge in [-0.2, -0.15) is 0 Å². The first-order chi connectivity index (χ1) is 18.1. The van der Waals surface area contributed by atoms with Gasteiger partial charge in [0.05, 0.1) is 29.1 Å². The van der Waals surface area contributed by atoms with Crippen LogP contribution in [-0.4, -0.2) is 70.6 Å². The number of likely N-dealkylation sites (tertiary alicyclic amines) is 1. The van der Waals surface area contributed by atoms with E-state index in [4.69, 9.17) is 16.3 Å². The van der Waals surface area contributed by atoms with E-state index in [2.05, 4.69) is 4.98 Å². The minimum Gasteiger partial charge on any atom is -0.458 e. The van der Waals surface area contributed by atoms with Gasteiger partial charge in [-0.25, -0.2) is 22.8 Å². The summed E-state index contributed by atoms with van der Waals surface area (Å²) >= 11 is 6.00. The van der Waals surface area contributed by atoms with Crippen molar-refractivity contribution in [2.75, 3.05) is 18.8 Å². The number of ether oxygens (including phenoxy) is 1. The van der Waals surface area contributed by atoms with Crippen molar-refractivity contribution < 1.29 is 27.5 Å². The maximum atomic E-state index is 13.0. The number of nitrogens with zero attached hydrogens (tertiary/aromatic N) is 4. The molecule has 2 amide bonds. The van der Waals surface area contributed by atoms with Gasteiger partial charge in [0.2, 0.25) is 5.91 Å². The number of carbonyl (C=O) groups excluding carboxylic acids is 3. The first-order valence-corrected chi connectivity index (χ1v) is 14.3. The molecule has 0 unspecified atom stereocenters. The average Bonchev–Trinajstić information content (AvgIpc) is 3.45. The van der Waals surface area contributed by atoms with Crippen LogP contribution in [0.1, 0.15) is 37.7 Å². The Hall–Kier alpha value is -3.15. The Balaban J connectivity index is 0.00000353. The van der Waals surface area contributed by atoms with Crippen LogP contribution in [-0.2, 0) is 37.3 Å². The zero-order chi connectivity index (χ0) is 27.0. The molecule has 10 nitrogen and oxygen atoms in total. The number of fused-ring (bicyclic) bond motifs is 2. The molecule has 2 aromatic carbocycles. The van der Waals surface area contributed by atoms with E-state index in [0.717, 1.165) is 16.5 Å². The summed E-state index contributed by atoms with van der Waals surface area (Å²) < 4.78 is 32.3. The number of esters is 1. The van der Waals surface area contributed by atoms with E-state index in [1.165, 1.54) is 11.5 Å². The van der Waals surface area contributed by atoms with Gasteiger partial charge in [0.1, 0.15) is 6.61 Å². The van der Waals surface area contributed by atoms with Gasteiger partial charge in [0.25, 0.3) is 0 Å². The number of amides is 2. The minimum atomic E-state index is -3.64. The third-order valence-electron chi connectivity index (χ3n) is 7.06. The Morgan fingerprint density at radius 2 is 1.79 bits per heavy atom. The Labute approximate surface area is 237 Å². The smallest absolute Gasteiger partial charge is 0.330 e. The monoisotopic (exact) mass is 594 g/mol. The van der Waals surface area contributed by atoms with Gasteiger partial charge < -0.3 is 14.5 Å². The molecule has 0 N–H and O–H groups in total.